The molecule has 1 aliphatic heterocycles. The van der Waals surface area contributed by atoms with Crippen LogP contribution in [0, 0.1) is 0 Å². The van der Waals surface area contributed by atoms with E-state index in [0.29, 0.717) is 41.9 Å². The van der Waals surface area contributed by atoms with Crippen molar-refractivity contribution < 1.29 is 13.9 Å². The van der Waals surface area contributed by atoms with Crippen LogP contribution < -0.4 is 20.1 Å². The topological polar surface area (TPSA) is 85.6 Å². The van der Waals surface area contributed by atoms with Crippen molar-refractivity contribution in [2.45, 2.75) is 51.2 Å². The zero-order chi connectivity index (χ0) is 24.4. The summed E-state index contributed by atoms with van der Waals surface area (Å²) in [7, 11) is 1.66. The van der Waals surface area contributed by atoms with Crippen LogP contribution in [0.25, 0.3) is 17.0 Å². The Bertz CT molecular complexity index is 1270. The first-order valence-corrected chi connectivity index (χ1v) is 12.2. The van der Waals surface area contributed by atoms with E-state index in [1.807, 2.05) is 37.3 Å². The number of aromatic nitrogens is 4. The molecule has 3 aromatic heterocycles. The molecule has 184 valence electrons. The Labute approximate surface area is 204 Å². The summed E-state index contributed by atoms with van der Waals surface area (Å²) in [5.74, 6) is 3.02. The first-order chi connectivity index (χ1) is 17.1. The van der Waals surface area contributed by atoms with Gasteiger partial charge in [-0.3, -0.25) is 0 Å². The number of alkyl halides is 1. The van der Waals surface area contributed by atoms with E-state index in [4.69, 9.17) is 19.6 Å². The third-order valence-corrected chi connectivity index (χ3v) is 6.24. The summed E-state index contributed by atoms with van der Waals surface area (Å²) in [6.45, 7) is 4.86. The van der Waals surface area contributed by atoms with E-state index in [1.54, 1.807) is 23.9 Å². The first kappa shape index (κ1) is 23.3. The van der Waals surface area contributed by atoms with E-state index in [0.717, 1.165) is 42.2 Å². The molecule has 1 saturated carbocycles. The molecule has 2 N–H and O–H groups in total. The van der Waals surface area contributed by atoms with Crippen LogP contribution >= 0.6 is 0 Å². The minimum Gasteiger partial charge on any atom is -0.495 e. The molecule has 3 aromatic rings. The average Bonchev–Trinajstić information content (AvgIpc) is 3.52. The molecule has 5 rings (SSSR count). The molecule has 4 heterocycles. The fraction of sp³-hybridized carbons (Fsp3) is 0.423. The van der Waals surface area contributed by atoms with E-state index < -0.39 is 6.17 Å². The quantitative estimate of drug-likeness (QED) is 0.342. The maximum absolute atomic E-state index is 14.3. The van der Waals surface area contributed by atoms with Gasteiger partial charge in [-0.15, -0.1) is 0 Å². The van der Waals surface area contributed by atoms with Crippen LogP contribution in [0.15, 0.2) is 48.4 Å². The molecule has 2 aliphatic rings. The highest BCUT2D eigenvalue weighted by Crippen LogP contribution is 2.43. The number of ether oxygens (including phenoxy) is 2. The van der Waals surface area contributed by atoms with Gasteiger partial charge in [-0.25, -0.2) is 18.9 Å². The van der Waals surface area contributed by atoms with E-state index in [9.17, 15) is 4.39 Å². The molecule has 1 saturated heterocycles. The number of rotatable bonds is 9. The molecule has 2 fully saturated rings. The second kappa shape index (κ2) is 10.0. The summed E-state index contributed by atoms with van der Waals surface area (Å²) < 4.78 is 27.9. The number of methoxy groups -OCH3 is 1. The Morgan fingerprint density at radius 3 is 2.83 bits per heavy atom. The predicted octanol–water partition coefficient (Wildman–Crippen LogP) is 4.65. The molecule has 0 unspecified atom stereocenters. The van der Waals surface area contributed by atoms with Gasteiger partial charge in [0.1, 0.15) is 40.6 Å². The van der Waals surface area contributed by atoms with Gasteiger partial charge in [-0.05, 0) is 38.3 Å². The third kappa shape index (κ3) is 5.00. The number of fused-ring (bicyclic) bond motifs is 1. The van der Waals surface area contributed by atoms with Crippen LogP contribution in [-0.4, -0.2) is 52.0 Å². The number of imidazole rings is 1. The number of anilines is 1. The minimum atomic E-state index is -0.991. The summed E-state index contributed by atoms with van der Waals surface area (Å²) in [5.41, 5.74) is 2.97. The number of hydrogen-bond donors (Lipinski definition) is 2. The van der Waals surface area contributed by atoms with Crippen LogP contribution in [0.2, 0.25) is 0 Å². The molecule has 0 bridgehead atoms. The number of hydrogen-bond acceptors (Lipinski definition) is 7. The maximum Gasteiger partial charge on any atom is 0.157 e. The standard InChI is InChI=1S/C26H31FN6O2/c1-4-6-7-17(5-2)35-18-10-20(30-24(11-18)31-21-14-28-13-19(21)27)22-15-29-25-12-23(34-3)26(16-8-9-16)32-33(22)25/h5-7,10-12,15-16,19,21,28H,4,8-9,13-14H2,1-3H3,(H,30,31)/b7-6-,17-5+/t19-,21-/m0/s1. The van der Waals surface area contributed by atoms with Gasteiger partial charge in [0.05, 0.1) is 25.0 Å². The molecule has 8 nitrogen and oxygen atoms in total. The summed E-state index contributed by atoms with van der Waals surface area (Å²) in [6.07, 6.45) is 9.75. The lowest BCUT2D eigenvalue weighted by molar-refractivity contribution is 0.342. The Morgan fingerprint density at radius 2 is 2.14 bits per heavy atom. The van der Waals surface area contributed by atoms with Crippen LogP contribution in [0.3, 0.4) is 0 Å². The van der Waals surface area contributed by atoms with Crippen molar-refractivity contribution in [1.82, 2.24) is 24.9 Å². The van der Waals surface area contributed by atoms with Crippen molar-refractivity contribution >= 4 is 11.5 Å². The lowest BCUT2D eigenvalue weighted by Gasteiger charge is -2.17. The largest absolute Gasteiger partial charge is 0.495 e. The summed E-state index contributed by atoms with van der Waals surface area (Å²) in [5, 5.41) is 11.2. The van der Waals surface area contributed by atoms with Crippen LogP contribution in [0.1, 0.15) is 44.7 Å². The Balaban J connectivity index is 1.56. The Kier molecular flexibility index (Phi) is 6.68. The molecule has 2 atom stereocenters. The second-order valence-electron chi connectivity index (χ2n) is 8.89. The zero-order valence-electron chi connectivity index (χ0n) is 20.3. The molecular weight excluding hydrogens is 447 g/mol. The average molecular weight is 479 g/mol. The van der Waals surface area contributed by atoms with E-state index >= 15 is 0 Å². The number of nitrogens with one attached hydrogen (secondary N) is 2. The highest BCUT2D eigenvalue weighted by atomic mass is 19.1. The Hall–Kier alpha value is -3.46. The summed E-state index contributed by atoms with van der Waals surface area (Å²) in [6, 6.07) is 5.21. The van der Waals surface area contributed by atoms with Crippen molar-refractivity contribution in [3.8, 4) is 22.9 Å². The number of nitrogens with zero attached hydrogens (tertiary/aromatic N) is 4. The molecule has 9 heteroatoms. The molecule has 35 heavy (non-hydrogen) atoms. The highest BCUT2D eigenvalue weighted by Gasteiger charge is 2.30. The second-order valence-corrected chi connectivity index (χ2v) is 8.89. The Morgan fingerprint density at radius 1 is 1.29 bits per heavy atom. The summed E-state index contributed by atoms with van der Waals surface area (Å²) >= 11 is 0. The monoisotopic (exact) mass is 478 g/mol. The molecule has 1 aliphatic carbocycles. The van der Waals surface area contributed by atoms with Crippen LogP contribution in [0.4, 0.5) is 10.2 Å². The van der Waals surface area contributed by atoms with Gasteiger partial charge < -0.3 is 20.1 Å². The van der Waals surface area contributed by atoms with Gasteiger partial charge in [-0.1, -0.05) is 13.0 Å². The van der Waals surface area contributed by atoms with Crippen molar-refractivity contribution in [1.29, 1.82) is 0 Å². The zero-order valence-corrected chi connectivity index (χ0v) is 20.3. The molecular formula is C26H31FN6O2. The van der Waals surface area contributed by atoms with Gasteiger partial charge in [0.25, 0.3) is 0 Å². The fourth-order valence-corrected chi connectivity index (χ4v) is 4.20. The third-order valence-electron chi connectivity index (χ3n) is 6.24. The molecule has 0 spiro atoms. The van der Waals surface area contributed by atoms with Crippen molar-refractivity contribution in [3.63, 3.8) is 0 Å². The fourth-order valence-electron chi connectivity index (χ4n) is 4.20. The van der Waals surface area contributed by atoms with Crippen molar-refractivity contribution in [3.05, 3.63) is 54.1 Å². The van der Waals surface area contributed by atoms with Crippen LogP contribution in [-0.2, 0) is 0 Å². The van der Waals surface area contributed by atoms with E-state index in [2.05, 4.69) is 22.5 Å². The maximum atomic E-state index is 14.3. The molecule has 0 aromatic carbocycles. The number of allylic oxidation sites excluding steroid dienone is 3. The minimum absolute atomic E-state index is 0.328. The van der Waals surface area contributed by atoms with Gasteiger partial charge in [0.2, 0.25) is 0 Å². The van der Waals surface area contributed by atoms with Crippen LogP contribution in [0.5, 0.6) is 11.5 Å². The SMILES string of the molecule is C/C=C(\C=C/CC)Oc1cc(N[C@H]2CNC[C@@H]2F)nc(-c2cnc3cc(OC)c(C4CC4)nn23)c1. The molecule has 0 radical (unpaired) electrons. The predicted molar refractivity (Wildman–Crippen MR) is 134 cm³/mol. The number of halogens is 1. The van der Waals surface area contributed by atoms with E-state index in [-0.39, 0.29) is 6.04 Å². The van der Waals surface area contributed by atoms with Gasteiger partial charge in [-0.2, -0.15) is 5.10 Å². The van der Waals surface area contributed by atoms with Crippen molar-refractivity contribution in [2.24, 2.45) is 0 Å². The molecule has 0 amide bonds. The van der Waals surface area contributed by atoms with Crippen molar-refractivity contribution in [2.75, 3.05) is 25.5 Å². The highest BCUT2D eigenvalue weighted by molar-refractivity contribution is 5.65. The van der Waals surface area contributed by atoms with Gasteiger partial charge >= 0.3 is 0 Å². The normalized spacial score (nSPS) is 20.6. The first-order valence-electron chi connectivity index (χ1n) is 12.2. The van der Waals surface area contributed by atoms with Gasteiger partial charge in [0.15, 0.2) is 5.65 Å². The lowest BCUT2D eigenvalue weighted by Crippen LogP contribution is -2.29. The summed E-state index contributed by atoms with van der Waals surface area (Å²) in [4.78, 5) is 9.34. The van der Waals surface area contributed by atoms with E-state index in [1.165, 1.54) is 0 Å². The van der Waals surface area contributed by atoms with Gasteiger partial charge in [0, 0.05) is 37.2 Å². The number of pyridine rings is 1. The smallest absolute Gasteiger partial charge is 0.157 e. The lowest BCUT2D eigenvalue weighted by atomic mass is 10.2.